The van der Waals surface area contributed by atoms with E-state index in [-0.39, 0.29) is 132 Å². The normalized spacial score (nSPS) is 14.4. The lowest BCUT2D eigenvalue weighted by atomic mass is 9.98. The molecule has 42 nitrogen and oxygen atoms in total. The number of nitrogens with two attached hydrogens (primary N) is 7. The molecule has 0 spiro atoms. The lowest BCUT2D eigenvalue weighted by Crippen LogP contribution is -2.61. The molecule has 0 bridgehead atoms. The second-order valence-electron chi connectivity index (χ2n) is 26.7. The van der Waals surface area contributed by atoms with E-state index in [1.54, 1.807) is 47.8 Å². The highest BCUT2D eigenvalue weighted by Gasteiger charge is 2.37. The van der Waals surface area contributed by atoms with Gasteiger partial charge in [-0.05, 0) is 120 Å². The molecule has 13 amide bonds. The summed E-state index contributed by atoms with van der Waals surface area (Å²) in [6, 6.07) is -16.9. The molecule has 0 saturated carbocycles. The molecular formula is C65H117N25O17S. The summed E-state index contributed by atoms with van der Waals surface area (Å²) in [6.07, 6.45) is 5.29. The molecule has 12 unspecified atom stereocenters. The van der Waals surface area contributed by atoms with Gasteiger partial charge < -0.3 is 130 Å². The summed E-state index contributed by atoms with van der Waals surface area (Å²) in [6.45, 7) is 10.4. The Hall–Kier alpha value is -10.2. The van der Waals surface area contributed by atoms with Crippen LogP contribution in [0.1, 0.15) is 138 Å². The Kier molecular flexibility index (Phi) is 46.1. The fourth-order valence-corrected chi connectivity index (χ4v) is 10.8. The van der Waals surface area contributed by atoms with E-state index in [1.165, 1.54) is 38.1 Å². The summed E-state index contributed by atoms with van der Waals surface area (Å²) in [4.78, 5) is 209. The number of hydrogen-bond acceptors (Lipinski definition) is 22. The highest BCUT2D eigenvalue weighted by Crippen LogP contribution is 2.14. The number of carbonyl (C=O) groups excluding carboxylic acids is 13. The molecule has 108 heavy (non-hydrogen) atoms. The molecule has 1 rings (SSSR count). The number of carboxylic acids is 1. The monoisotopic (exact) mass is 1550 g/mol. The third kappa shape index (κ3) is 39.4. The quantitative estimate of drug-likeness (QED) is 0.0164. The van der Waals surface area contributed by atoms with Gasteiger partial charge in [-0.15, -0.1) is 0 Å². The van der Waals surface area contributed by atoms with Crippen LogP contribution >= 0.6 is 11.8 Å². The fourth-order valence-electron chi connectivity index (χ4n) is 10.3. The number of guanidine groups is 3. The number of amides is 13. The number of hydrogen-bond donors (Lipinski definition) is 24. The van der Waals surface area contributed by atoms with Crippen LogP contribution in [0.5, 0.6) is 0 Å². The van der Waals surface area contributed by atoms with Gasteiger partial charge in [-0.2, -0.15) is 11.8 Å². The fraction of sp³-hybridized carbons (Fsp3) is 0.692. The Morgan fingerprint density at radius 2 is 0.852 bits per heavy atom. The molecule has 1 heterocycles. The van der Waals surface area contributed by atoms with Gasteiger partial charge in [0.25, 0.3) is 0 Å². The zero-order valence-electron chi connectivity index (χ0n) is 63.0. The Bertz CT molecular complexity index is 3170. The van der Waals surface area contributed by atoms with Gasteiger partial charge in [0, 0.05) is 44.9 Å². The Balaban J connectivity index is 3.40. The molecule has 0 fully saturated rings. The van der Waals surface area contributed by atoms with E-state index < -0.39 is 181 Å². The number of aromatic nitrogens is 2. The predicted molar refractivity (Wildman–Crippen MR) is 401 cm³/mol. The molecule has 0 aromatic carbocycles. The maximum Gasteiger partial charge on any atom is 0.326 e. The summed E-state index contributed by atoms with van der Waals surface area (Å²) in [5.41, 5.74) is 38.6. The van der Waals surface area contributed by atoms with Crippen LogP contribution in [0.3, 0.4) is 0 Å². The molecular weight excluding hydrogens is 1430 g/mol. The first-order chi connectivity index (χ1) is 50.9. The molecule has 31 N–H and O–H groups in total. The van der Waals surface area contributed by atoms with Crippen LogP contribution in [0.15, 0.2) is 27.5 Å². The number of imidazole rings is 1. The van der Waals surface area contributed by atoms with Crippen molar-refractivity contribution in [2.45, 2.75) is 211 Å². The van der Waals surface area contributed by atoms with Gasteiger partial charge >= 0.3 is 5.97 Å². The number of rotatable bonds is 54. The average molecular weight is 1550 g/mol. The van der Waals surface area contributed by atoms with Crippen LogP contribution in [0.2, 0.25) is 0 Å². The van der Waals surface area contributed by atoms with E-state index in [2.05, 4.69) is 94.1 Å². The zero-order valence-corrected chi connectivity index (χ0v) is 63.8. The van der Waals surface area contributed by atoms with Gasteiger partial charge in [-0.25, -0.2) is 9.78 Å². The minimum atomic E-state index is -1.71. The third-order valence-corrected chi connectivity index (χ3v) is 16.6. The average Bonchev–Trinajstić information content (AvgIpc) is 1.11. The standard InChI is InChI=1S/C65H117N25O17S/c1-33(2)25-44(81-49(94)29-77-52(96)47(30-91)88-56(100)42(19-24-108-9)82-51(95)36(7)79-60(104)48(31-92)89-53(97)39(80-37(8)93)16-12-21-74-63(67)68)57(101)87-46(27-38-28-73-32-78-38)58(102)86-45(26-34(3)4)59(103)90-50(35(5)6)61(105)84-40(15-10-11-20-66)54(98)83-41(17-13-22-75-64(69)70)55(99)85-43(62(106)107)18-14-23-76-65(71)72/h28,32-36,39-48,50,91-92H,10-27,29-31,66H2,1-9H3,(H,73,78)(H,77,96)(H,79,104)(H,80,93)(H,81,94)(H,82,95)(H,83,98)(H,84,105)(H,85,99)(H,86,102)(H,87,101)(H,88,100)(H,89,97)(H,90,103)(H,106,107)(H4,67,68,74)(H4,69,70,75)(H4,71,72,76). The summed E-state index contributed by atoms with van der Waals surface area (Å²) in [5.74, 6) is -14.4. The van der Waals surface area contributed by atoms with Crippen molar-refractivity contribution in [1.29, 1.82) is 0 Å². The van der Waals surface area contributed by atoms with Crippen LogP contribution in [0.25, 0.3) is 0 Å². The molecule has 0 aliphatic rings. The number of nitrogens with one attached hydrogen (secondary N) is 14. The van der Waals surface area contributed by atoms with Crippen LogP contribution in [-0.2, 0) is 73.5 Å². The summed E-state index contributed by atoms with van der Waals surface area (Å²) >= 11 is 1.29. The van der Waals surface area contributed by atoms with E-state index in [4.69, 9.17) is 40.1 Å². The molecule has 12 atom stereocenters. The van der Waals surface area contributed by atoms with Gasteiger partial charge in [0.2, 0.25) is 76.8 Å². The van der Waals surface area contributed by atoms with Crippen LogP contribution in [0.4, 0.5) is 0 Å². The number of nitrogens with zero attached hydrogens (tertiary/aromatic N) is 4. The van der Waals surface area contributed by atoms with Crippen molar-refractivity contribution >= 4 is 112 Å². The van der Waals surface area contributed by atoms with Crippen molar-refractivity contribution in [2.24, 2.45) is 72.9 Å². The number of aliphatic imine (C=N–C) groups is 3. The Labute approximate surface area is 631 Å². The van der Waals surface area contributed by atoms with Crippen LogP contribution < -0.4 is 109 Å². The van der Waals surface area contributed by atoms with Gasteiger partial charge in [0.1, 0.15) is 72.5 Å². The molecule has 610 valence electrons. The van der Waals surface area contributed by atoms with Gasteiger partial charge in [-0.3, -0.25) is 77.3 Å². The minimum absolute atomic E-state index is 0.00147. The van der Waals surface area contributed by atoms with Crippen molar-refractivity contribution in [3.05, 3.63) is 18.2 Å². The predicted octanol–water partition coefficient (Wildman–Crippen LogP) is -8.21. The molecule has 1 aromatic heterocycles. The first-order valence-electron chi connectivity index (χ1n) is 35.5. The van der Waals surface area contributed by atoms with Gasteiger partial charge in [0.15, 0.2) is 17.9 Å². The second kappa shape index (κ2) is 52.0. The smallest absolute Gasteiger partial charge is 0.326 e. The lowest BCUT2D eigenvalue weighted by molar-refractivity contribution is -0.142. The molecule has 1 aromatic rings. The number of aliphatic hydroxyl groups excluding tert-OH is 2. The third-order valence-electron chi connectivity index (χ3n) is 16.0. The van der Waals surface area contributed by atoms with Crippen molar-refractivity contribution in [3.63, 3.8) is 0 Å². The number of aromatic amines is 1. The summed E-state index contributed by atoms with van der Waals surface area (Å²) in [5, 5.41) is 62.9. The molecule has 0 aliphatic carbocycles. The maximum atomic E-state index is 14.6. The van der Waals surface area contributed by atoms with Crippen molar-refractivity contribution < 1.29 is 82.4 Å². The highest BCUT2D eigenvalue weighted by atomic mass is 32.2. The van der Waals surface area contributed by atoms with Crippen LogP contribution in [0, 0.1) is 17.8 Å². The van der Waals surface area contributed by atoms with Crippen molar-refractivity contribution in [2.75, 3.05) is 57.9 Å². The molecule has 0 saturated heterocycles. The first-order valence-corrected chi connectivity index (χ1v) is 36.9. The Morgan fingerprint density at radius 3 is 1.30 bits per heavy atom. The SMILES string of the molecule is CSCCC(NC(=O)C(C)NC(=O)C(CO)NC(=O)C(CCCN=C(N)N)NC(C)=O)C(=O)NC(CO)C(=O)NCC(=O)NC(CC(C)C)C(=O)NC(Cc1cnc[nH]1)C(=O)NC(CC(C)C)C(=O)NC(C(=O)NC(CCCCN)C(=O)NC(CCCN=C(N)N)C(=O)NC(CCCN=C(N)N)C(=O)O)C(C)C. The van der Waals surface area contributed by atoms with Gasteiger partial charge in [-0.1, -0.05) is 41.5 Å². The number of carboxylic acid groups (broad SMARTS) is 1. The van der Waals surface area contributed by atoms with E-state index >= 15 is 0 Å². The zero-order chi connectivity index (χ0) is 81.8. The molecule has 0 radical (unpaired) electrons. The lowest BCUT2D eigenvalue weighted by Gasteiger charge is -2.29. The number of thioether (sulfide) groups is 1. The Morgan fingerprint density at radius 1 is 0.463 bits per heavy atom. The first kappa shape index (κ1) is 95.8. The van der Waals surface area contributed by atoms with E-state index in [9.17, 15) is 82.4 Å². The van der Waals surface area contributed by atoms with E-state index in [1.807, 2.05) is 0 Å². The van der Waals surface area contributed by atoms with Gasteiger partial charge in [0.05, 0.1) is 26.1 Å². The summed E-state index contributed by atoms with van der Waals surface area (Å²) < 4.78 is 0. The number of H-pyrrole nitrogens is 1. The topological polar surface area (TPSA) is 704 Å². The molecule has 43 heteroatoms. The van der Waals surface area contributed by atoms with E-state index in [0.717, 1.165) is 0 Å². The van der Waals surface area contributed by atoms with Crippen LogP contribution in [-0.4, -0.2) is 256 Å². The number of carbonyl (C=O) groups is 14. The van der Waals surface area contributed by atoms with Crippen molar-refractivity contribution in [3.8, 4) is 0 Å². The second-order valence-corrected chi connectivity index (χ2v) is 27.7. The minimum Gasteiger partial charge on any atom is -0.480 e. The number of unbranched alkanes of at least 4 members (excludes halogenated alkanes) is 1. The number of aliphatic hydroxyl groups is 2. The van der Waals surface area contributed by atoms with Crippen molar-refractivity contribution in [1.82, 2.24) is 79.1 Å². The largest absolute Gasteiger partial charge is 0.480 e. The van der Waals surface area contributed by atoms with E-state index in [0.29, 0.717) is 18.5 Å². The number of aliphatic carboxylic acids is 1. The molecule has 0 aliphatic heterocycles. The maximum absolute atomic E-state index is 14.6. The summed E-state index contributed by atoms with van der Waals surface area (Å²) in [7, 11) is 0. The highest BCUT2D eigenvalue weighted by molar-refractivity contribution is 7.98.